The van der Waals surface area contributed by atoms with Crippen LogP contribution in [0.3, 0.4) is 0 Å². The molecule has 1 saturated carbocycles. The maximum Gasteiger partial charge on any atom is 0.123 e. The van der Waals surface area contributed by atoms with Crippen LogP contribution in [0.25, 0.3) is 0 Å². The number of halogens is 1. The molecule has 1 fully saturated rings. The van der Waals surface area contributed by atoms with Crippen molar-refractivity contribution >= 4 is 0 Å². The largest absolute Gasteiger partial charge is 0.313 e. The van der Waals surface area contributed by atoms with Crippen molar-refractivity contribution in [2.45, 2.75) is 32.7 Å². The third-order valence-corrected chi connectivity index (χ3v) is 3.27. The van der Waals surface area contributed by atoms with Gasteiger partial charge in [-0.15, -0.1) is 0 Å². The first-order valence-electron chi connectivity index (χ1n) is 5.57. The Morgan fingerprint density at radius 2 is 1.80 bits per heavy atom. The summed E-state index contributed by atoms with van der Waals surface area (Å²) in [4.78, 5) is 0. The van der Waals surface area contributed by atoms with Gasteiger partial charge in [-0.3, -0.25) is 0 Å². The highest BCUT2D eigenvalue weighted by molar-refractivity contribution is 5.37. The molecule has 1 aromatic carbocycles. The minimum Gasteiger partial charge on any atom is -0.313 e. The molecule has 1 nitrogen and oxygen atoms in total. The topological polar surface area (TPSA) is 12.0 Å². The smallest absolute Gasteiger partial charge is 0.123 e. The van der Waals surface area contributed by atoms with Crippen LogP contribution in [-0.2, 0) is 0 Å². The highest BCUT2D eigenvalue weighted by atomic mass is 19.1. The van der Waals surface area contributed by atoms with E-state index in [-0.39, 0.29) is 5.82 Å². The van der Waals surface area contributed by atoms with Gasteiger partial charge in [-0.1, -0.05) is 0 Å². The van der Waals surface area contributed by atoms with E-state index in [1.165, 1.54) is 18.4 Å². The zero-order valence-electron chi connectivity index (χ0n) is 9.60. The Morgan fingerprint density at radius 1 is 1.27 bits per heavy atom. The predicted octanol–water partition coefficient (Wildman–Crippen LogP) is 3.11. The van der Waals surface area contributed by atoms with Gasteiger partial charge in [0.2, 0.25) is 0 Å². The maximum absolute atomic E-state index is 13.2. The van der Waals surface area contributed by atoms with Crippen LogP contribution in [0.5, 0.6) is 0 Å². The fourth-order valence-corrected chi connectivity index (χ4v) is 2.46. The number of nitrogens with one attached hydrogen (secondary N) is 1. The summed E-state index contributed by atoms with van der Waals surface area (Å²) in [5, 5.41) is 3.36. The molecule has 0 radical (unpaired) electrons. The van der Waals surface area contributed by atoms with Crippen LogP contribution >= 0.6 is 0 Å². The van der Waals surface area contributed by atoms with Crippen molar-refractivity contribution < 1.29 is 4.39 Å². The van der Waals surface area contributed by atoms with Crippen LogP contribution in [0.15, 0.2) is 12.1 Å². The molecule has 1 aliphatic rings. The molecular weight excluding hydrogens is 189 g/mol. The standard InChI is InChI=1S/C13H18FN/c1-8-6-11(14)7-9(2)12(8)13(15-3)10-4-5-10/h6-7,10,13,15H,4-5H2,1-3H3. The second kappa shape index (κ2) is 3.93. The van der Waals surface area contributed by atoms with Gasteiger partial charge in [0, 0.05) is 6.04 Å². The van der Waals surface area contributed by atoms with E-state index in [0.717, 1.165) is 17.0 Å². The third kappa shape index (κ3) is 2.05. The summed E-state index contributed by atoms with van der Waals surface area (Å²) >= 11 is 0. The van der Waals surface area contributed by atoms with Gasteiger partial charge in [0.15, 0.2) is 0 Å². The van der Waals surface area contributed by atoms with Gasteiger partial charge in [-0.25, -0.2) is 4.39 Å². The lowest BCUT2D eigenvalue weighted by Gasteiger charge is -2.21. The van der Waals surface area contributed by atoms with Crippen molar-refractivity contribution in [3.63, 3.8) is 0 Å². The summed E-state index contributed by atoms with van der Waals surface area (Å²) in [6.07, 6.45) is 2.59. The summed E-state index contributed by atoms with van der Waals surface area (Å²) in [5.41, 5.74) is 3.43. The minimum absolute atomic E-state index is 0.126. The van der Waals surface area contributed by atoms with E-state index in [2.05, 4.69) is 5.32 Å². The molecule has 1 N–H and O–H groups in total. The summed E-state index contributed by atoms with van der Waals surface area (Å²) < 4.78 is 13.2. The van der Waals surface area contributed by atoms with Crippen molar-refractivity contribution in [2.75, 3.05) is 7.05 Å². The SMILES string of the molecule is CNC(c1c(C)cc(F)cc1C)C1CC1. The zero-order valence-corrected chi connectivity index (χ0v) is 9.60. The van der Waals surface area contributed by atoms with Crippen LogP contribution in [0.1, 0.15) is 35.6 Å². The van der Waals surface area contributed by atoms with Crippen LogP contribution < -0.4 is 5.32 Å². The molecule has 2 rings (SSSR count). The Labute approximate surface area is 90.7 Å². The van der Waals surface area contributed by atoms with Crippen molar-refractivity contribution in [1.82, 2.24) is 5.32 Å². The molecule has 0 bridgehead atoms. The van der Waals surface area contributed by atoms with Crippen molar-refractivity contribution in [2.24, 2.45) is 5.92 Å². The highest BCUT2D eigenvalue weighted by Crippen LogP contribution is 2.42. The zero-order chi connectivity index (χ0) is 11.0. The van der Waals surface area contributed by atoms with Crippen LogP contribution in [0, 0.1) is 25.6 Å². The summed E-state index contributed by atoms with van der Waals surface area (Å²) in [5.74, 6) is 0.622. The van der Waals surface area contributed by atoms with E-state index in [4.69, 9.17) is 0 Å². The lowest BCUT2D eigenvalue weighted by atomic mass is 9.93. The highest BCUT2D eigenvalue weighted by Gasteiger charge is 2.32. The number of aryl methyl sites for hydroxylation is 2. The molecule has 82 valence electrons. The predicted molar refractivity (Wildman–Crippen MR) is 60.4 cm³/mol. The molecule has 1 aliphatic carbocycles. The molecule has 1 atom stereocenters. The van der Waals surface area contributed by atoms with E-state index in [1.54, 1.807) is 12.1 Å². The molecule has 2 heteroatoms. The maximum atomic E-state index is 13.2. The molecule has 0 amide bonds. The number of hydrogen-bond donors (Lipinski definition) is 1. The Hall–Kier alpha value is -0.890. The van der Waals surface area contributed by atoms with Gasteiger partial charge in [-0.05, 0) is 68.5 Å². The molecule has 1 unspecified atom stereocenters. The van der Waals surface area contributed by atoms with Gasteiger partial charge in [-0.2, -0.15) is 0 Å². The normalized spacial score (nSPS) is 17.9. The van der Waals surface area contributed by atoms with Gasteiger partial charge >= 0.3 is 0 Å². The fraction of sp³-hybridized carbons (Fsp3) is 0.538. The fourth-order valence-electron chi connectivity index (χ4n) is 2.46. The van der Waals surface area contributed by atoms with Gasteiger partial charge in [0.25, 0.3) is 0 Å². The van der Waals surface area contributed by atoms with Crippen molar-refractivity contribution in [3.8, 4) is 0 Å². The molecule has 0 aromatic heterocycles. The number of benzene rings is 1. The third-order valence-electron chi connectivity index (χ3n) is 3.27. The van der Waals surface area contributed by atoms with E-state index >= 15 is 0 Å². The van der Waals surface area contributed by atoms with Crippen molar-refractivity contribution in [1.29, 1.82) is 0 Å². The molecule has 15 heavy (non-hydrogen) atoms. The van der Waals surface area contributed by atoms with Gasteiger partial charge in [0.1, 0.15) is 5.82 Å². The first-order valence-corrected chi connectivity index (χ1v) is 5.57. The Balaban J connectivity index is 2.40. The molecule has 0 spiro atoms. The summed E-state index contributed by atoms with van der Waals surface area (Å²) in [6.45, 7) is 4.00. The molecule has 0 saturated heterocycles. The van der Waals surface area contributed by atoms with Crippen LogP contribution in [-0.4, -0.2) is 7.05 Å². The average Bonchev–Trinajstić information content (AvgIpc) is 2.94. The number of hydrogen-bond acceptors (Lipinski definition) is 1. The first-order chi connectivity index (χ1) is 7.13. The van der Waals surface area contributed by atoms with Crippen LogP contribution in [0.4, 0.5) is 4.39 Å². The molecular formula is C13H18FN. The monoisotopic (exact) mass is 207 g/mol. The van der Waals surface area contributed by atoms with E-state index in [9.17, 15) is 4.39 Å². The Bertz CT molecular complexity index is 346. The van der Waals surface area contributed by atoms with Gasteiger partial charge in [0.05, 0.1) is 0 Å². The van der Waals surface area contributed by atoms with Gasteiger partial charge < -0.3 is 5.32 Å². The van der Waals surface area contributed by atoms with Crippen LogP contribution in [0.2, 0.25) is 0 Å². The first kappa shape index (κ1) is 10.6. The lowest BCUT2D eigenvalue weighted by Crippen LogP contribution is -2.20. The van der Waals surface area contributed by atoms with E-state index in [1.807, 2.05) is 20.9 Å². The average molecular weight is 207 g/mol. The molecule has 0 heterocycles. The quantitative estimate of drug-likeness (QED) is 0.803. The molecule has 0 aliphatic heterocycles. The molecule has 1 aromatic rings. The second-order valence-corrected chi connectivity index (χ2v) is 4.56. The summed E-state index contributed by atoms with van der Waals surface area (Å²) in [7, 11) is 1.99. The van der Waals surface area contributed by atoms with Crippen molar-refractivity contribution in [3.05, 3.63) is 34.6 Å². The Morgan fingerprint density at radius 3 is 2.20 bits per heavy atom. The second-order valence-electron chi connectivity index (χ2n) is 4.56. The summed E-state index contributed by atoms with van der Waals surface area (Å²) in [6, 6.07) is 3.68. The number of rotatable bonds is 3. The lowest BCUT2D eigenvalue weighted by molar-refractivity contribution is 0.521. The van der Waals surface area contributed by atoms with E-state index in [0.29, 0.717) is 6.04 Å². The Kier molecular flexibility index (Phi) is 2.79. The minimum atomic E-state index is -0.126. The van der Waals surface area contributed by atoms with E-state index < -0.39 is 0 Å².